The van der Waals surface area contributed by atoms with Crippen molar-refractivity contribution in [2.45, 2.75) is 13.8 Å². The van der Waals surface area contributed by atoms with Gasteiger partial charge in [0.25, 0.3) is 0 Å². The first-order chi connectivity index (χ1) is 5.04. The zero-order valence-electron chi connectivity index (χ0n) is 6.88. The van der Waals surface area contributed by atoms with Crippen molar-refractivity contribution in [2.75, 3.05) is 0 Å². The molecule has 1 rings (SSSR count). The van der Waals surface area contributed by atoms with Crippen molar-refractivity contribution in [3.05, 3.63) is 23.0 Å². The molecule has 1 N–H and O–H groups in total. The fourth-order valence-corrected chi connectivity index (χ4v) is 1.24. The fraction of sp³-hybridized carbons (Fsp3) is 0.375. The molecule has 0 aromatic carbocycles. The summed E-state index contributed by atoms with van der Waals surface area (Å²) in [4.78, 5) is 10.6. The summed E-state index contributed by atoms with van der Waals surface area (Å²) < 4.78 is 1.82. The Bertz CT molecular complexity index is 299. The van der Waals surface area contributed by atoms with E-state index in [2.05, 4.69) is 0 Å². The molecule has 3 heteroatoms. The maximum absolute atomic E-state index is 10.6. The molecule has 0 bridgehead atoms. The number of rotatable bonds is 1. The quantitative estimate of drug-likeness (QED) is 0.661. The van der Waals surface area contributed by atoms with Crippen LogP contribution < -0.4 is 0 Å². The third-order valence-electron chi connectivity index (χ3n) is 1.89. The van der Waals surface area contributed by atoms with E-state index in [1.165, 1.54) is 0 Å². The lowest BCUT2D eigenvalue weighted by Crippen LogP contribution is -2.00. The second-order valence-corrected chi connectivity index (χ2v) is 2.69. The predicted octanol–water partition coefficient (Wildman–Crippen LogP) is 1.34. The van der Waals surface area contributed by atoms with Crippen LogP contribution in [-0.4, -0.2) is 15.6 Å². The summed E-state index contributed by atoms with van der Waals surface area (Å²) in [7, 11) is 1.84. The molecule has 0 radical (unpaired) electrons. The van der Waals surface area contributed by atoms with E-state index in [1.807, 2.05) is 17.8 Å². The van der Waals surface area contributed by atoms with E-state index < -0.39 is 5.97 Å². The number of hydrogen-bond donors (Lipinski definition) is 1. The number of aromatic carboxylic acids is 1. The maximum Gasteiger partial charge on any atom is 0.337 e. The van der Waals surface area contributed by atoms with Crippen molar-refractivity contribution < 1.29 is 9.90 Å². The van der Waals surface area contributed by atoms with Crippen molar-refractivity contribution in [3.8, 4) is 0 Å². The number of aryl methyl sites for hydroxylation is 2. The van der Waals surface area contributed by atoms with Gasteiger partial charge in [0.1, 0.15) is 0 Å². The highest BCUT2D eigenvalue weighted by molar-refractivity contribution is 5.90. The molecule has 1 aromatic rings. The maximum atomic E-state index is 10.6. The summed E-state index contributed by atoms with van der Waals surface area (Å²) in [5.74, 6) is -0.847. The molecule has 60 valence electrons. The minimum atomic E-state index is -0.847. The zero-order valence-corrected chi connectivity index (χ0v) is 6.88. The largest absolute Gasteiger partial charge is 0.478 e. The van der Waals surface area contributed by atoms with Gasteiger partial charge in [-0.05, 0) is 19.4 Å². The molecule has 0 aliphatic rings. The second-order valence-electron chi connectivity index (χ2n) is 2.69. The number of carboxylic acids is 1. The number of carbonyl (C=O) groups is 1. The van der Waals surface area contributed by atoms with Crippen LogP contribution in [0, 0.1) is 13.8 Å². The molecular weight excluding hydrogens is 142 g/mol. The molecule has 1 heterocycles. The highest BCUT2D eigenvalue weighted by atomic mass is 16.4. The first kappa shape index (κ1) is 7.85. The highest BCUT2D eigenvalue weighted by Crippen LogP contribution is 2.14. The van der Waals surface area contributed by atoms with Gasteiger partial charge in [-0.25, -0.2) is 4.79 Å². The summed E-state index contributed by atoms with van der Waals surface area (Å²) in [5.41, 5.74) is 2.04. The van der Waals surface area contributed by atoms with E-state index in [0.717, 1.165) is 11.3 Å². The fourth-order valence-electron chi connectivity index (χ4n) is 1.24. The van der Waals surface area contributed by atoms with Crippen LogP contribution in [-0.2, 0) is 7.05 Å². The van der Waals surface area contributed by atoms with E-state index in [-0.39, 0.29) is 0 Å². The van der Waals surface area contributed by atoms with Gasteiger partial charge in [-0.1, -0.05) is 0 Å². The standard InChI is InChI=1S/C8H11NO2/c1-5-4-9(3)6(2)7(5)8(10)11/h4H,1-3H3,(H,10,11). The Morgan fingerprint density at radius 3 is 2.27 bits per heavy atom. The van der Waals surface area contributed by atoms with E-state index in [4.69, 9.17) is 5.11 Å². The summed E-state index contributed by atoms with van der Waals surface area (Å²) in [6, 6.07) is 0. The normalized spacial score (nSPS) is 10.1. The van der Waals surface area contributed by atoms with Gasteiger partial charge in [0, 0.05) is 18.9 Å². The number of hydrogen-bond acceptors (Lipinski definition) is 1. The monoisotopic (exact) mass is 153 g/mol. The topological polar surface area (TPSA) is 42.2 Å². The highest BCUT2D eigenvalue weighted by Gasteiger charge is 2.13. The Morgan fingerprint density at radius 1 is 1.55 bits per heavy atom. The van der Waals surface area contributed by atoms with Gasteiger partial charge >= 0.3 is 5.97 Å². The summed E-state index contributed by atoms with van der Waals surface area (Å²) in [5, 5.41) is 8.75. The summed E-state index contributed by atoms with van der Waals surface area (Å²) >= 11 is 0. The lowest BCUT2D eigenvalue weighted by molar-refractivity contribution is 0.0695. The molecule has 1 aromatic heterocycles. The number of aromatic nitrogens is 1. The lowest BCUT2D eigenvalue weighted by Gasteiger charge is -1.95. The van der Waals surface area contributed by atoms with Gasteiger partial charge in [-0.15, -0.1) is 0 Å². The number of carboxylic acid groups (broad SMARTS) is 1. The Balaban J connectivity index is 3.34. The molecule has 0 aliphatic heterocycles. The van der Waals surface area contributed by atoms with Crippen molar-refractivity contribution in [1.82, 2.24) is 4.57 Å². The predicted molar refractivity (Wildman–Crippen MR) is 41.8 cm³/mol. The minimum absolute atomic E-state index is 0.424. The minimum Gasteiger partial charge on any atom is -0.478 e. The van der Waals surface area contributed by atoms with Crippen LogP contribution in [0.3, 0.4) is 0 Å². The molecule has 0 fully saturated rings. The summed E-state index contributed by atoms with van der Waals surface area (Å²) in [6.45, 7) is 3.60. The Labute approximate surface area is 65.3 Å². The van der Waals surface area contributed by atoms with Gasteiger partial charge in [0.05, 0.1) is 5.56 Å². The van der Waals surface area contributed by atoms with Crippen molar-refractivity contribution in [1.29, 1.82) is 0 Å². The Morgan fingerprint density at radius 2 is 2.09 bits per heavy atom. The molecule has 11 heavy (non-hydrogen) atoms. The van der Waals surface area contributed by atoms with Crippen LogP contribution in [0.5, 0.6) is 0 Å². The zero-order chi connectivity index (χ0) is 8.59. The molecule has 0 spiro atoms. The van der Waals surface area contributed by atoms with Gasteiger partial charge in [-0.2, -0.15) is 0 Å². The van der Waals surface area contributed by atoms with Crippen LogP contribution >= 0.6 is 0 Å². The van der Waals surface area contributed by atoms with E-state index in [9.17, 15) is 4.79 Å². The van der Waals surface area contributed by atoms with E-state index >= 15 is 0 Å². The van der Waals surface area contributed by atoms with Gasteiger partial charge in [-0.3, -0.25) is 0 Å². The van der Waals surface area contributed by atoms with Crippen molar-refractivity contribution in [2.24, 2.45) is 7.05 Å². The second kappa shape index (κ2) is 2.42. The van der Waals surface area contributed by atoms with E-state index in [1.54, 1.807) is 13.8 Å². The van der Waals surface area contributed by atoms with Crippen molar-refractivity contribution in [3.63, 3.8) is 0 Å². The molecule has 0 atom stereocenters. The smallest absolute Gasteiger partial charge is 0.337 e. The van der Waals surface area contributed by atoms with Crippen molar-refractivity contribution >= 4 is 5.97 Å². The average Bonchev–Trinajstić information content (AvgIpc) is 2.07. The van der Waals surface area contributed by atoms with E-state index in [0.29, 0.717) is 5.56 Å². The van der Waals surface area contributed by atoms with Crippen LogP contribution in [0.25, 0.3) is 0 Å². The molecule has 0 saturated carbocycles. The first-order valence-corrected chi connectivity index (χ1v) is 3.40. The summed E-state index contributed by atoms with van der Waals surface area (Å²) in [6.07, 6.45) is 1.82. The molecule has 0 saturated heterocycles. The van der Waals surface area contributed by atoms with Crippen LogP contribution in [0.1, 0.15) is 21.6 Å². The first-order valence-electron chi connectivity index (χ1n) is 3.40. The van der Waals surface area contributed by atoms with Crippen LogP contribution in [0.2, 0.25) is 0 Å². The van der Waals surface area contributed by atoms with Gasteiger partial charge in [0.2, 0.25) is 0 Å². The van der Waals surface area contributed by atoms with Crippen LogP contribution in [0.15, 0.2) is 6.20 Å². The Hall–Kier alpha value is -1.25. The van der Waals surface area contributed by atoms with Gasteiger partial charge < -0.3 is 9.67 Å². The number of nitrogens with zero attached hydrogens (tertiary/aromatic N) is 1. The molecule has 0 amide bonds. The molecule has 0 unspecified atom stereocenters. The Kier molecular flexibility index (Phi) is 1.72. The van der Waals surface area contributed by atoms with Gasteiger partial charge in [0.15, 0.2) is 0 Å². The SMILES string of the molecule is Cc1cn(C)c(C)c1C(=O)O. The third-order valence-corrected chi connectivity index (χ3v) is 1.89. The lowest BCUT2D eigenvalue weighted by atomic mass is 10.2. The molecule has 0 aliphatic carbocycles. The molecular formula is C8H11NO2. The third kappa shape index (κ3) is 1.13. The average molecular weight is 153 g/mol. The molecule has 3 nitrogen and oxygen atoms in total. The van der Waals surface area contributed by atoms with Crippen LogP contribution in [0.4, 0.5) is 0 Å².